The third-order valence-electron chi connectivity index (χ3n) is 19.5. The number of piperidine rings is 1. The van der Waals surface area contributed by atoms with Crippen LogP contribution in [-0.2, 0) is 51.4 Å². The van der Waals surface area contributed by atoms with E-state index in [9.17, 15) is 5.11 Å². The van der Waals surface area contributed by atoms with Gasteiger partial charge in [0.25, 0.3) is 0 Å². The minimum absolute atomic E-state index is 0.0145. The van der Waals surface area contributed by atoms with Gasteiger partial charge in [-0.3, -0.25) is 0 Å². The lowest BCUT2D eigenvalue weighted by molar-refractivity contribution is -0.135. The van der Waals surface area contributed by atoms with Crippen LogP contribution in [0.5, 0.6) is 5.75 Å². The maximum Gasteiger partial charge on any atom is 0.340 e. The maximum atomic E-state index is 15.2. The molecular formula is C66H78N4O5. The standard InChI is InChI=1S/C66H78N4O5/c1-4-26-68-40-47-31-43-21-27-69-39-45-12-9-13-48(34-45)51-15-14-50(71)37-55(51)59-52-19-25-66(57(75-64(73)62(59)66)35-41(5-2)29-42-10-7-6-8-11-42)61-53(52)16-17-54-56(74-63(72)60(54)61)20-24-65(49-22-28-70-58(36-49)67-3)23-18-44(38-65)32-46(30-43)33-47/h6-15,20,30-31,33-35,37,41,44,49,52-53,58,61,67-71H,4-5,16-19,21-29,32,36,38-40H2,1-3H3. The molecule has 4 fully saturated rings. The van der Waals surface area contributed by atoms with Gasteiger partial charge in [0.15, 0.2) is 0 Å². The number of cyclic esters (lactones) is 1. The first-order chi connectivity index (χ1) is 36.7. The number of carbonyl (C=O) groups excluding carboxylic acids is 2. The largest absolute Gasteiger partial charge is 0.508 e. The average molecular weight is 1010 g/mol. The molecule has 9 nitrogen and oxygen atoms in total. The molecule has 0 amide bonds. The zero-order valence-electron chi connectivity index (χ0n) is 44.6. The maximum absolute atomic E-state index is 15.2. The lowest BCUT2D eigenvalue weighted by Crippen LogP contribution is -2.52. The topological polar surface area (TPSA) is 121 Å². The Balaban J connectivity index is 1.01. The van der Waals surface area contributed by atoms with Gasteiger partial charge in [-0.25, -0.2) is 9.59 Å². The van der Waals surface area contributed by atoms with Crippen molar-refractivity contribution in [2.45, 2.75) is 129 Å². The number of ether oxygens (including phenoxy) is 2. The molecule has 75 heavy (non-hydrogen) atoms. The van der Waals surface area contributed by atoms with Crippen LogP contribution in [0, 0.1) is 46.3 Å². The van der Waals surface area contributed by atoms with Crippen molar-refractivity contribution >= 4 is 17.5 Å². The van der Waals surface area contributed by atoms with Crippen LogP contribution in [0.2, 0.25) is 0 Å². The summed E-state index contributed by atoms with van der Waals surface area (Å²) in [6, 6.07) is 32.4. The SMILES string of the molecule is CCCNCc1cc2cc(c1)CC1CCC(C3CCNC(NC)C3)(CC=C3OC(=O)C4=C3CCC3C5CCC6(C(=CC(CC)Cc7ccccc7)OC(=O)C6=C5c5cc(O)ccc5-c5cccc(c5)CNCC2)C43)C1. The molecule has 14 bridgehead atoms. The number of nitrogens with one attached hydrogen (secondary N) is 4. The predicted octanol–water partition coefficient (Wildman–Crippen LogP) is 11.8. The smallest absolute Gasteiger partial charge is 0.340 e. The number of hydrogen-bond donors (Lipinski definition) is 5. The fourth-order valence-electron chi connectivity index (χ4n) is 16.1. The molecule has 9 unspecified atom stereocenters. The number of carbonyl (C=O) groups is 2. The van der Waals surface area contributed by atoms with E-state index in [-0.39, 0.29) is 52.9 Å². The van der Waals surface area contributed by atoms with Crippen molar-refractivity contribution in [3.63, 3.8) is 0 Å². The molecule has 4 aromatic rings. The molecule has 5 N–H and O–H groups in total. The van der Waals surface area contributed by atoms with E-state index in [0.29, 0.717) is 29.6 Å². The van der Waals surface area contributed by atoms with Crippen LogP contribution in [0.1, 0.15) is 124 Å². The third-order valence-corrected chi connectivity index (χ3v) is 19.5. The Morgan fingerprint density at radius 1 is 0.827 bits per heavy atom. The van der Waals surface area contributed by atoms with Crippen LogP contribution in [0.15, 0.2) is 131 Å². The Morgan fingerprint density at radius 3 is 2.56 bits per heavy atom. The molecule has 9 heteroatoms. The number of rotatable bonds is 10. The molecule has 4 aromatic carbocycles. The van der Waals surface area contributed by atoms with Crippen molar-refractivity contribution < 1.29 is 24.2 Å². The van der Waals surface area contributed by atoms with E-state index in [4.69, 9.17) is 9.47 Å². The van der Waals surface area contributed by atoms with E-state index in [1.165, 1.54) is 34.2 Å². The fourth-order valence-corrected chi connectivity index (χ4v) is 16.1. The van der Waals surface area contributed by atoms with Crippen LogP contribution < -0.4 is 21.3 Å². The summed E-state index contributed by atoms with van der Waals surface area (Å²) < 4.78 is 13.4. The van der Waals surface area contributed by atoms with Gasteiger partial charge < -0.3 is 35.8 Å². The van der Waals surface area contributed by atoms with Gasteiger partial charge in [-0.2, -0.15) is 0 Å². The highest BCUT2D eigenvalue weighted by molar-refractivity contribution is 6.07. The summed E-state index contributed by atoms with van der Waals surface area (Å²) in [7, 11) is 2.08. The molecule has 9 atom stereocenters. The summed E-state index contributed by atoms with van der Waals surface area (Å²) in [6.45, 7) is 8.90. The number of allylic oxidation sites excluding steroid dienone is 5. The summed E-state index contributed by atoms with van der Waals surface area (Å²) in [5, 5.41) is 26.2. The first-order valence-electron chi connectivity index (χ1n) is 28.9. The van der Waals surface area contributed by atoms with Gasteiger partial charge in [0.1, 0.15) is 17.3 Å². The van der Waals surface area contributed by atoms with Crippen LogP contribution in [0.3, 0.4) is 0 Å². The van der Waals surface area contributed by atoms with Gasteiger partial charge in [0.2, 0.25) is 0 Å². The minimum Gasteiger partial charge on any atom is -0.508 e. The van der Waals surface area contributed by atoms with Gasteiger partial charge in [0, 0.05) is 30.2 Å². The average Bonchev–Trinajstić information content (AvgIpc) is 4.18. The Labute approximate surface area is 445 Å². The number of benzene rings is 4. The molecule has 5 heterocycles. The Kier molecular flexibility index (Phi) is 14.1. The van der Waals surface area contributed by atoms with E-state index < -0.39 is 5.41 Å². The molecular weight excluding hydrogens is 929 g/mol. The van der Waals surface area contributed by atoms with Gasteiger partial charge in [-0.1, -0.05) is 86.6 Å². The molecule has 5 aliphatic carbocycles. The zero-order valence-corrected chi connectivity index (χ0v) is 44.6. The van der Waals surface area contributed by atoms with E-state index >= 15 is 9.59 Å². The first-order valence-corrected chi connectivity index (χ1v) is 28.9. The summed E-state index contributed by atoms with van der Waals surface area (Å²) in [5.74, 6) is 2.08. The lowest BCUT2D eigenvalue weighted by Gasteiger charge is -2.56. The number of fused-ring (bicyclic) bond motifs is 5. The van der Waals surface area contributed by atoms with Crippen molar-refractivity contribution in [3.8, 4) is 16.9 Å². The zero-order chi connectivity index (χ0) is 51.3. The second-order valence-electron chi connectivity index (χ2n) is 23.8. The highest BCUT2D eigenvalue weighted by Gasteiger charge is 2.68. The molecule has 0 aromatic heterocycles. The van der Waals surface area contributed by atoms with Gasteiger partial charge in [-0.05, 0) is 238 Å². The molecule has 2 saturated carbocycles. The summed E-state index contributed by atoms with van der Waals surface area (Å²) in [4.78, 5) is 30.3. The molecule has 2 saturated heterocycles. The number of esters is 2. The quantitative estimate of drug-likeness (QED) is 0.0781. The third kappa shape index (κ3) is 9.38. The van der Waals surface area contributed by atoms with E-state index in [1.807, 2.05) is 12.1 Å². The molecule has 5 aliphatic heterocycles. The normalized spacial score (nSPS) is 30.2. The van der Waals surface area contributed by atoms with Crippen molar-refractivity contribution in [1.29, 1.82) is 0 Å². The van der Waals surface area contributed by atoms with E-state index in [0.717, 1.165) is 155 Å². The highest BCUT2D eigenvalue weighted by Crippen LogP contribution is 2.72. The van der Waals surface area contributed by atoms with Gasteiger partial charge in [-0.15, -0.1) is 0 Å². The second kappa shape index (κ2) is 21.1. The van der Waals surface area contributed by atoms with Crippen molar-refractivity contribution in [2.75, 3.05) is 26.7 Å². The van der Waals surface area contributed by atoms with Crippen molar-refractivity contribution in [2.24, 2.45) is 46.3 Å². The second-order valence-corrected chi connectivity index (χ2v) is 23.8. The predicted molar refractivity (Wildman–Crippen MR) is 297 cm³/mol. The summed E-state index contributed by atoms with van der Waals surface area (Å²) in [5.41, 5.74) is 12.3. The first kappa shape index (κ1) is 50.2. The number of phenols is 1. The van der Waals surface area contributed by atoms with Crippen LogP contribution >= 0.6 is 0 Å². The van der Waals surface area contributed by atoms with Gasteiger partial charge >= 0.3 is 11.9 Å². The summed E-state index contributed by atoms with van der Waals surface area (Å²) in [6.07, 6.45) is 19.5. The highest BCUT2D eigenvalue weighted by atomic mass is 16.5. The van der Waals surface area contributed by atoms with Gasteiger partial charge in [0.05, 0.1) is 17.2 Å². The molecule has 0 radical (unpaired) electrons. The number of phenolic OH excluding ortho intramolecular Hbond substituents is 1. The molecule has 392 valence electrons. The Morgan fingerprint density at radius 2 is 1.71 bits per heavy atom. The Bertz CT molecular complexity index is 2970. The number of aromatic hydroxyl groups is 1. The van der Waals surface area contributed by atoms with E-state index in [2.05, 4.69) is 127 Å². The monoisotopic (exact) mass is 1010 g/mol. The fraction of sp³-hybridized carbons (Fsp3) is 0.485. The minimum atomic E-state index is -0.855. The number of hydrogen-bond acceptors (Lipinski definition) is 9. The summed E-state index contributed by atoms with van der Waals surface area (Å²) >= 11 is 0. The van der Waals surface area contributed by atoms with Crippen LogP contribution in [0.4, 0.5) is 0 Å². The van der Waals surface area contributed by atoms with E-state index in [1.54, 1.807) is 6.07 Å². The van der Waals surface area contributed by atoms with Crippen LogP contribution in [-0.4, -0.2) is 49.9 Å². The Hall–Kier alpha value is -5.58. The molecule has 1 spiro atoms. The molecule has 14 rings (SSSR count). The van der Waals surface area contributed by atoms with Crippen molar-refractivity contribution in [3.05, 3.63) is 165 Å². The van der Waals surface area contributed by atoms with Crippen LogP contribution in [0.25, 0.3) is 16.7 Å². The van der Waals surface area contributed by atoms with Crippen molar-refractivity contribution in [1.82, 2.24) is 21.3 Å². The molecule has 10 aliphatic rings. The lowest BCUT2D eigenvalue weighted by atomic mass is 9.44.